The molecule has 6 nitrogen and oxygen atoms in total. The largest absolute Gasteiger partial charge is 0.368 e. The smallest absolute Gasteiger partial charge is 0.292 e. The second kappa shape index (κ2) is 5.44. The van der Waals surface area contributed by atoms with Crippen LogP contribution in [0.15, 0.2) is 18.2 Å². The Morgan fingerprint density at radius 2 is 2.11 bits per heavy atom. The molecule has 0 aliphatic carbocycles. The summed E-state index contributed by atoms with van der Waals surface area (Å²) in [5.74, 6) is -1.45. The molecule has 1 amide bonds. The minimum absolute atomic E-state index is 0.0579. The van der Waals surface area contributed by atoms with Crippen LogP contribution in [0.5, 0.6) is 0 Å². The number of anilines is 1. The number of nitrogens with one attached hydrogen (secondary N) is 1. The van der Waals surface area contributed by atoms with Crippen molar-refractivity contribution in [2.24, 2.45) is 11.7 Å². The molecule has 0 heterocycles. The summed E-state index contributed by atoms with van der Waals surface area (Å²) < 4.78 is 13.1. The summed E-state index contributed by atoms with van der Waals surface area (Å²) in [7, 11) is 0. The third-order valence-electron chi connectivity index (χ3n) is 2.44. The zero-order chi connectivity index (χ0) is 13.9. The number of benzene rings is 1. The first-order valence-electron chi connectivity index (χ1n) is 5.32. The normalized spacial score (nSPS) is 12.2. The fourth-order valence-corrected chi connectivity index (χ4v) is 1.52. The summed E-state index contributed by atoms with van der Waals surface area (Å²) in [6.45, 7) is 3.46. The molecule has 0 bridgehead atoms. The Morgan fingerprint density at radius 3 is 2.56 bits per heavy atom. The van der Waals surface area contributed by atoms with Gasteiger partial charge in [0.15, 0.2) is 0 Å². The van der Waals surface area contributed by atoms with E-state index in [1.165, 1.54) is 0 Å². The molecule has 18 heavy (non-hydrogen) atoms. The van der Waals surface area contributed by atoms with Gasteiger partial charge in [-0.2, -0.15) is 0 Å². The molecular formula is C11H14FN3O3. The zero-order valence-electron chi connectivity index (χ0n) is 10.0. The SMILES string of the molecule is CC(C)C(Nc1cc(F)ccc1[N+](=O)[O-])C(N)=O. The Bertz CT molecular complexity index is 477. The second-order valence-electron chi connectivity index (χ2n) is 4.19. The number of nitro groups is 1. The molecular weight excluding hydrogens is 241 g/mol. The van der Waals surface area contributed by atoms with Gasteiger partial charge >= 0.3 is 0 Å². The summed E-state index contributed by atoms with van der Waals surface area (Å²) >= 11 is 0. The lowest BCUT2D eigenvalue weighted by Gasteiger charge is -2.19. The highest BCUT2D eigenvalue weighted by atomic mass is 19.1. The summed E-state index contributed by atoms with van der Waals surface area (Å²) in [6.07, 6.45) is 0. The van der Waals surface area contributed by atoms with Crippen LogP contribution in [0.2, 0.25) is 0 Å². The first kappa shape index (κ1) is 13.9. The van der Waals surface area contributed by atoms with E-state index in [1.807, 2.05) is 0 Å². The van der Waals surface area contributed by atoms with Crippen LogP contribution in [0.25, 0.3) is 0 Å². The van der Waals surface area contributed by atoms with Crippen LogP contribution in [-0.4, -0.2) is 16.9 Å². The molecule has 7 heteroatoms. The quantitative estimate of drug-likeness (QED) is 0.617. The summed E-state index contributed by atoms with van der Waals surface area (Å²) in [6, 6.07) is 2.19. The van der Waals surface area contributed by atoms with Crippen LogP contribution in [0, 0.1) is 21.8 Å². The Kier molecular flexibility index (Phi) is 4.19. The number of rotatable bonds is 5. The Hall–Kier alpha value is -2.18. The van der Waals surface area contributed by atoms with Crippen molar-refractivity contribution in [3.05, 3.63) is 34.1 Å². The highest BCUT2D eigenvalue weighted by Crippen LogP contribution is 2.26. The highest BCUT2D eigenvalue weighted by Gasteiger charge is 2.23. The highest BCUT2D eigenvalue weighted by molar-refractivity contribution is 5.84. The van der Waals surface area contributed by atoms with Crippen LogP contribution >= 0.6 is 0 Å². The first-order valence-corrected chi connectivity index (χ1v) is 5.32. The third kappa shape index (κ3) is 3.16. The number of hydrogen-bond acceptors (Lipinski definition) is 4. The van der Waals surface area contributed by atoms with Gasteiger partial charge < -0.3 is 11.1 Å². The number of carbonyl (C=O) groups excluding carboxylic acids is 1. The van der Waals surface area contributed by atoms with E-state index in [4.69, 9.17) is 5.73 Å². The van der Waals surface area contributed by atoms with E-state index >= 15 is 0 Å². The average Bonchev–Trinajstić information content (AvgIpc) is 2.24. The molecule has 0 saturated carbocycles. The van der Waals surface area contributed by atoms with Crippen LogP contribution in [0.1, 0.15) is 13.8 Å². The van der Waals surface area contributed by atoms with Gasteiger partial charge in [-0.25, -0.2) is 4.39 Å². The van der Waals surface area contributed by atoms with Gasteiger partial charge in [-0.1, -0.05) is 13.8 Å². The molecule has 1 rings (SSSR count). The minimum atomic E-state index is -0.800. The van der Waals surface area contributed by atoms with Gasteiger partial charge in [-0.3, -0.25) is 14.9 Å². The number of primary amides is 1. The molecule has 98 valence electrons. The number of carbonyl (C=O) groups is 1. The topological polar surface area (TPSA) is 98.3 Å². The predicted molar refractivity (Wildman–Crippen MR) is 64.5 cm³/mol. The van der Waals surface area contributed by atoms with E-state index in [2.05, 4.69) is 5.32 Å². The van der Waals surface area contributed by atoms with Crippen molar-refractivity contribution in [2.75, 3.05) is 5.32 Å². The maximum Gasteiger partial charge on any atom is 0.292 e. The van der Waals surface area contributed by atoms with Crippen molar-refractivity contribution in [3.8, 4) is 0 Å². The van der Waals surface area contributed by atoms with Gasteiger partial charge in [-0.05, 0) is 12.0 Å². The lowest BCUT2D eigenvalue weighted by atomic mass is 10.0. The van der Waals surface area contributed by atoms with Crippen LogP contribution in [0.4, 0.5) is 15.8 Å². The number of nitro benzene ring substituents is 1. The number of amides is 1. The van der Waals surface area contributed by atoms with Crippen molar-refractivity contribution in [1.29, 1.82) is 0 Å². The van der Waals surface area contributed by atoms with Gasteiger partial charge in [0.1, 0.15) is 17.5 Å². The Balaban J connectivity index is 3.12. The molecule has 0 aromatic heterocycles. The fraction of sp³-hybridized carbons (Fsp3) is 0.364. The minimum Gasteiger partial charge on any atom is -0.368 e. The molecule has 1 unspecified atom stereocenters. The second-order valence-corrected chi connectivity index (χ2v) is 4.19. The van der Waals surface area contributed by atoms with Gasteiger partial charge in [0.25, 0.3) is 5.69 Å². The van der Waals surface area contributed by atoms with Crippen molar-refractivity contribution in [1.82, 2.24) is 0 Å². The Morgan fingerprint density at radius 1 is 1.50 bits per heavy atom. The average molecular weight is 255 g/mol. The molecule has 0 spiro atoms. The number of halogens is 1. The van der Waals surface area contributed by atoms with Crippen molar-refractivity contribution in [3.63, 3.8) is 0 Å². The molecule has 1 aromatic rings. The van der Waals surface area contributed by atoms with Crippen LogP contribution in [-0.2, 0) is 4.79 Å². The van der Waals surface area contributed by atoms with E-state index in [0.29, 0.717) is 0 Å². The van der Waals surface area contributed by atoms with Crippen LogP contribution in [0.3, 0.4) is 0 Å². The number of hydrogen-bond donors (Lipinski definition) is 2. The van der Waals surface area contributed by atoms with Gasteiger partial charge in [0.2, 0.25) is 5.91 Å². The summed E-state index contributed by atoms with van der Waals surface area (Å²) in [4.78, 5) is 21.3. The standard InChI is InChI=1S/C11H14FN3O3/c1-6(2)10(11(13)16)14-8-5-7(12)3-4-9(8)15(17)18/h3-6,10,14H,1-2H3,(H2,13,16). The predicted octanol–water partition coefficient (Wildman–Crippen LogP) is 1.66. The van der Waals surface area contributed by atoms with E-state index in [0.717, 1.165) is 18.2 Å². The van der Waals surface area contributed by atoms with E-state index in [-0.39, 0.29) is 17.3 Å². The molecule has 3 N–H and O–H groups in total. The summed E-state index contributed by atoms with van der Waals surface area (Å²) in [5.41, 5.74) is 4.82. The van der Waals surface area contributed by atoms with E-state index < -0.39 is 22.7 Å². The lowest BCUT2D eigenvalue weighted by Crippen LogP contribution is -2.39. The zero-order valence-corrected chi connectivity index (χ0v) is 10.0. The molecule has 0 saturated heterocycles. The summed E-state index contributed by atoms with van der Waals surface area (Å²) in [5, 5.41) is 13.4. The maximum absolute atomic E-state index is 13.1. The molecule has 0 aliphatic heterocycles. The molecule has 1 atom stereocenters. The number of nitrogens with two attached hydrogens (primary N) is 1. The van der Waals surface area contributed by atoms with Crippen LogP contribution < -0.4 is 11.1 Å². The third-order valence-corrected chi connectivity index (χ3v) is 2.44. The van der Waals surface area contributed by atoms with Gasteiger partial charge in [0.05, 0.1) is 4.92 Å². The molecule has 0 fully saturated rings. The molecule has 0 aliphatic rings. The first-order chi connectivity index (χ1) is 8.32. The lowest BCUT2D eigenvalue weighted by molar-refractivity contribution is -0.384. The van der Waals surface area contributed by atoms with Gasteiger partial charge in [0, 0.05) is 12.1 Å². The fourth-order valence-electron chi connectivity index (χ4n) is 1.52. The van der Waals surface area contributed by atoms with Crippen molar-refractivity contribution >= 4 is 17.3 Å². The van der Waals surface area contributed by atoms with Gasteiger partial charge in [-0.15, -0.1) is 0 Å². The van der Waals surface area contributed by atoms with E-state index in [9.17, 15) is 19.3 Å². The van der Waals surface area contributed by atoms with E-state index in [1.54, 1.807) is 13.8 Å². The molecule has 0 radical (unpaired) electrons. The monoisotopic (exact) mass is 255 g/mol. The Labute approximate surface area is 103 Å². The van der Waals surface area contributed by atoms with Crippen molar-refractivity contribution in [2.45, 2.75) is 19.9 Å². The molecule has 1 aromatic carbocycles. The van der Waals surface area contributed by atoms with Crippen molar-refractivity contribution < 1.29 is 14.1 Å². The number of nitrogens with zero attached hydrogens (tertiary/aromatic N) is 1. The maximum atomic E-state index is 13.1.